The number of benzene rings is 2. The van der Waals surface area contributed by atoms with E-state index in [1.54, 1.807) is 11.9 Å². The number of hydrogen-bond acceptors (Lipinski definition) is 2. The van der Waals surface area contributed by atoms with Gasteiger partial charge in [0.2, 0.25) is 5.91 Å². The van der Waals surface area contributed by atoms with Gasteiger partial charge >= 0.3 is 0 Å². The van der Waals surface area contributed by atoms with Crippen molar-refractivity contribution in [2.45, 2.75) is 19.5 Å². The molecule has 0 aliphatic rings. The Morgan fingerprint density at radius 1 is 1.14 bits per heavy atom. The Balaban J connectivity index is 2.04. The normalized spacial score (nSPS) is 12.0. The number of nitrogens with two attached hydrogens (primary N) is 1. The van der Waals surface area contributed by atoms with Gasteiger partial charge in [0.25, 0.3) is 0 Å². The second kappa shape index (κ2) is 6.87. The van der Waals surface area contributed by atoms with Gasteiger partial charge in [-0.2, -0.15) is 0 Å². The van der Waals surface area contributed by atoms with Crippen LogP contribution in [0.3, 0.4) is 0 Å². The molecule has 0 heterocycles. The van der Waals surface area contributed by atoms with Gasteiger partial charge in [0.05, 0.1) is 0 Å². The van der Waals surface area contributed by atoms with Crippen LogP contribution in [0.25, 0.3) is 0 Å². The molecule has 1 amide bonds. The van der Waals surface area contributed by atoms with E-state index < -0.39 is 6.04 Å². The molecule has 0 spiro atoms. The van der Waals surface area contributed by atoms with Crippen LogP contribution in [0, 0.1) is 6.92 Å². The van der Waals surface area contributed by atoms with Crippen molar-refractivity contribution in [2.75, 3.05) is 7.05 Å². The molecular formula is C17H19BrN2O. The molecule has 4 heteroatoms. The summed E-state index contributed by atoms with van der Waals surface area (Å²) in [6.45, 7) is 2.56. The lowest BCUT2D eigenvalue weighted by molar-refractivity contribution is -0.131. The van der Waals surface area contributed by atoms with Gasteiger partial charge in [0, 0.05) is 18.1 Å². The second-order valence-corrected chi connectivity index (χ2v) is 6.12. The Hall–Kier alpha value is -1.65. The summed E-state index contributed by atoms with van der Waals surface area (Å²) in [5, 5.41) is 0. The molecule has 0 bridgehead atoms. The van der Waals surface area contributed by atoms with E-state index in [1.807, 2.05) is 55.5 Å². The first-order valence-corrected chi connectivity index (χ1v) is 7.58. The highest BCUT2D eigenvalue weighted by atomic mass is 79.9. The number of amides is 1. The molecule has 0 fully saturated rings. The molecule has 0 aliphatic carbocycles. The smallest absolute Gasteiger partial charge is 0.244 e. The van der Waals surface area contributed by atoms with Gasteiger partial charge in [-0.25, -0.2) is 0 Å². The molecule has 2 N–H and O–H groups in total. The largest absolute Gasteiger partial charge is 0.340 e. The van der Waals surface area contributed by atoms with Crippen LogP contribution in [0.1, 0.15) is 22.7 Å². The molecule has 2 aromatic rings. The molecule has 0 radical (unpaired) electrons. The lowest BCUT2D eigenvalue weighted by atomic mass is 10.0. The Kier molecular flexibility index (Phi) is 5.15. The van der Waals surface area contributed by atoms with Crippen molar-refractivity contribution < 1.29 is 4.79 Å². The average Bonchev–Trinajstić information content (AvgIpc) is 2.49. The van der Waals surface area contributed by atoms with E-state index in [2.05, 4.69) is 15.9 Å². The first kappa shape index (κ1) is 15.7. The fraction of sp³-hybridized carbons (Fsp3) is 0.235. The summed E-state index contributed by atoms with van der Waals surface area (Å²) in [6.07, 6.45) is 0. The van der Waals surface area contributed by atoms with Crippen molar-refractivity contribution >= 4 is 21.8 Å². The minimum absolute atomic E-state index is 0.0817. The maximum Gasteiger partial charge on any atom is 0.244 e. The first-order chi connectivity index (χ1) is 9.97. The van der Waals surface area contributed by atoms with Gasteiger partial charge in [-0.1, -0.05) is 57.9 Å². The predicted octanol–water partition coefficient (Wildman–Crippen LogP) is 3.42. The quantitative estimate of drug-likeness (QED) is 0.921. The van der Waals surface area contributed by atoms with Crippen LogP contribution >= 0.6 is 15.9 Å². The number of carbonyl (C=O) groups is 1. The van der Waals surface area contributed by atoms with Crippen LogP contribution in [0.4, 0.5) is 0 Å². The van der Waals surface area contributed by atoms with Crippen LogP contribution in [-0.4, -0.2) is 17.9 Å². The van der Waals surface area contributed by atoms with Gasteiger partial charge in [-0.15, -0.1) is 0 Å². The number of hydrogen-bond donors (Lipinski definition) is 1. The van der Waals surface area contributed by atoms with Crippen LogP contribution in [0.5, 0.6) is 0 Å². The number of aryl methyl sites for hydroxylation is 1. The highest BCUT2D eigenvalue weighted by Gasteiger charge is 2.19. The molecule has 3 nitrogen and oxygen atoms in total. The standard InChI is InChI=1S/C17H19BrN2O/c1-12-3-7-14(8-4-12)16(19)17(21)20(2)11-13-5-9-15(18)10-6-13/h3-10,16H,11,19H2,1-2H3. The van der Waals surface area contributed by atoms with Crippen molar-refractivity contribution in [3.63, 3.8) is 0 Å². The van der Waals surface area contributed by atoms with Crippen molar-refractivity contribution in [2.24, 2.45) is 5.73 Å². The Morgan fingerprint density at radius 3 is 2.29 bits per heavy atom. The molecule has 0 aromatic heterocycles. The molecule has 2 aromatic carbocycles. The fourth-order valence-electron chi connectivity index (χ4n) is 2.10. The van der Waals surface area contributed by atoms with Gasteiger partial charge in [-0.05, 0) is 30.2 Å². The maximum absolute atomic E-state index is 12.4. The van der Waals surface area contributed by atoms with E-state index in [9.17, 15) is 4.79 Å². The zero-order valence-corrected chi connectivity index (χ0v) is 13.8. The van der Waals surface area contributed by atoms with E-state index in [0.29, 0.717) is 6.54 Å². The van der Waals surface area contributed by atoms with Gasteiger partial charge in [-0.3, -0.25) is 4.79 Å². The van der Waals surface area contributed by atoms with Crippen molar-refractivity contribution in [1.29, 1.82) is 0 Å². The van der Waals surface area contributed by atoms with Crippen LogP contribution < -0.4 is 5.73 Å². The molecule has 0 aliphatic heterocycles. The number of halogens is 1. The summed E-state index contributed by atoms with van der Waals surface area (Å²) >= 11 is 3.40. The highest BCUT2D eigenvalue weighted by molar-refractivity contribution is 9.10. The van der Waals surface area contributed by atoms with Crippen LogP contribution in [0.15, 0.2) is 53.0 Å². The molecule has 2 rings (SSSR count). The first-order valence-electron chi connectivity index (χ1n) is 6.79. The monoisotopic (exact) mass is 346 g/mol. The van der Waals surface area contributed by atoms with Crippen molar-refractivity contribution in [3.8, 4) is 0 Å². The molecular weight excluding hydrogens is 328 g/mol. The fourth-order valence-corrected chi connectivity index (χ4v) is 2.36. The third-order valence-corrected chi connectivity index (χ3v) is 3.94. The number of carbonyl (C=O) groups excluding carboxylic acids is 1. The van der Waals surface area contributed by atoms with E-state index in [-0.39, 0.29) is 5.91 Å². The van der Waals surface area contributed by atoms with Gasteiger partial charge < -0.3 is 10.6 Å². The minimum Gasteiger partial charge on any atom is -0.340 e. The third-order valence-electron chi connectivity index (χ3n) is 3.41. The molecule has 1 unspecified atom stereocenters. The molecule has 110 valence electrons. The zero-order chi connectivity index (χ0) is 15.4. The van der Waals surface area contributed by atoms with E-state index in [0.717, 1.165) is 21.2 Å². The minimum atomic E-state index is -0.619. The van der Waals surface area contributed by atoms with Gasteiger partial charge in [0.15, 0.2) is 0 Å². The zero-order valence-electron chi connectivity index (χ0n) is 12.2. The molecule has 21 heavy (non-hydrogen) atoms. The molecule has 1 atom stereocenters. The van der Waals surface area contributed by atoms with E-state index in [4.69, 9.17) is 5.73 Å². The summed E-state index contributed by atoms with van der Waals surface area (Å²) in [5.74, 6) is -0.0817. The Morgan fingerprint density at radius 2 is 1.71 bits per heavy atom. The van der Waals surface area contributed by atoms with Crippen molar-refractivity contribution in [1.82, 2.24) is 4.90 Å². The Labute approximate surface area is 133 Å². The topological polar surface area (TPSA) is 46.3 Å². The van der Waals surface area contributed by atoms with Crippen LogP contribution in [-0.2, 0) is 11.3 Å². The Bertz CT molecular complexity index is 608. The summed E-state index contributed by atoms with van der Waals surface area (Å²) in [6, 6.07) is 15.1. The van der Waals surface area contributed by atoms with E-state index >= 15 is 0 Å². The SMILES string of the molecule is Cc1ccc(C(N)C(=O)N(C)Cc2ccc(Br)cc2)cc1. The maximum atomic E-state index is 12.4. The number of likely N-dealkylation sites (N-methyl/N-ethyl adjacent to an activating group) is 1. The molecule has 0 saturated heterocycles. The summed E-state index contributed by atoms with van der Waals surface area (Å²) < 4.78 is 1.02. The lowest BCUT2D eigenvalue weighted by Gasteiger charge is -2.22. The second-order valence-electron chi connectivity index (χ2n) is 5.21. The predicted molar refractivity (Wildman–Crippen MR) is 88.7 cm³/mol. The number of rotatable bonds is 4. The summed E-state index contributed by atoms with van der Waals surface area (Å²) in [4.78, 5) is 14.1. The lowest BCUT2D eigenvalue weighted by Crippen LogP contribution is -2.35. The van der Waals surface area contributed by atoms with E-state index in [1.165, 1.54) is 0 Å². The van der Waals surface area contributed by atoms with Gasteiger partial charge in [0.1, 0.15) is 6.04 Å². The van der Waals surface area contributed by atoms with Crippen LogP contribution in [0.2, 0.25) is 0 Å². The molecule has 0 saturated carbocycles. The summed E-state index contributed by atoms with van der Waals surface area (Å²) in [5.41, 5.74) is 9.14. The van der Waals surface area contributed by atoms with Crippen molar-refractivity contribution in [3.05, 3.63) is 69.7 Å². The number of nitrogens with zero attached hydrogens (tertiary/aromatic N) is 1. The average molecular weight is 347 g/mol. The summed E-state index contributed by atoms with van der Waals surface area (Å²) in [7, 11) is 1.78. The third kappa shape index (κ3) is 4.16. The highest BCUT2D eigenvalue weighted by Crippen LogP contribution is 2.16.